The van der Waals surface area contributed by atoms with Gasteiger partial charge in [-0.3, -0.25) is 0 Å². The summed E-state index contributed by atoms with van der Waals surface area (Å²) in [5.74, 6) is 0. The Morgan fingerprint density at radius 1 is 1.55 bits per heavy atom. The van der Waals surface area contributed by atoms with Crippen molar-refractivity contribution in [1.82, 2.24) is 10.3 Å². The first-order valence-electron chi connectivity index (χ1n) is 6.41. The monoisotopic (exact) mass is 273 g/mol. The molecule has 0 atom stereocenters. The second-order valence-corrected chi connectivity index (χ2v) is 5.17. The number of amides is 1. The molecule has 106 valence electrons. The molecule has 0 unspecified atom stereocenters. The molecule has 0 aliphatic carbocycles. The van der Waals surface area contributed by atoms with Crippen molar-refractivity contribution in [3.63, 3.8) is 0 Å². The van der Waals surface area contributed by atoms with Gasteiger partial charge in [0.25, 0.3) is 0 Å². The number of rotatable bonds is 4. The Labute approximate surface area is 119 Å². The van der Waals surface area contributed by atoms with Gasteiger partial charge in [0.2, 0.25) is 0 Å². The molecule has 0 saturated carbocycles. The number of nitrogens with one attached hydrogen (secondary N) is 1. The van der Waals surface area contributed by atoms with Crippen LogP contribution >= 0.6 is 0 Å². The maximum atomic E-state index is 11.4. The third kappa shape index (κ3) is 6.01. The van der Waals surface area contributed by atoms with E-state index in [-0.39, 0.29) is 0 Å². The fourth-order valence-electron chi connectivity index (χ4n) is 1.43. The molecule has 0 aromatic carbocycles. The molecule has 1 heterocycles. The molecule has 20 heavy (non-hydrogen) atoms. The van der Waals surface area contributed by atoms with Crippen molar-refractivity contribution < 1.29 is 9.53 Å². The predicted molar refractivity (Wildman–Crippen MR) is 76.8 cm³/mol. The summed E-state index contributed by atoms with van der Waals surface area (Å²) in [4.78, 5) is 15.3. The summed E-state index contributed by atoms with van der Waals surface area (Å²) in [7, 11) is 0. The maximum absolute atomic E-state index is 11.4. The molecule has 5 heteroatoms. The normalized spacial score (nSPS) is 11.1. The van der Waals surface area contributed by atoms with E-state index in [2.05, 4.69) is 10.3 Å². The van der Waals surface area contributed by atoms with E-state index >= 15 is 0 Å². The van der Waals surface area contributed by atoms with Crippen LogP contribution in [0, 0.1) is 11.3 Å². The zero-order chi connectivity index (χ0) is 15.0. The van der Waals surface area contributed by atoms with E-state index in [0.29, 0.717) is 18.7 Å². The van der Waals surface area contributed by atoms with Crippen molar-refractivity contribution >= 4 is 12.2 Å². The van der Waals surface area contributed by atoms with Gasteiger partial charge in [0.15, 0.2) is 0 Å². The average molecular weight is 273 g/mol. The molecule has 0 spiro atoms. The van der Waals surface area contributed by atoms with Crippen LogP contribution in [0.25, 0.3) is 6.08 Å². The number of carbonyl (C=O) groups excluding carboxylic acids is 1. The minimum atomic E-state index is -0.489. The molecular formula is C15H19N3O2. The topological polar surface area (TPSA) is 75.0 Å². The fraction of sp³-hybridized carbons (Fsp3) is 0.400. The summed E-state index contributed by atoms with van der Waals surface area (Å²) in [6.45, 7) is 5.93. The highest BCUT2D eigenvalue weighted by Gasteiger charge is 2.15. The first-order chi connectivity index (χ1) is 9.42. The third-order valence-electron chi connectivity index (χ3n) is 2.22. The van der Waals surface area contributed by atoms with E-state index in [4.69, 9.17) is 10.00 Å². The lowest BCUT2D eigenvalue weighted by Gasteiger charge is -2.19. The second-order valence-electron chi connectivity index (χ2n) is 5.17. The van der Waals surface area contributed by atoms with Crippen LogP contribution in [0.1, 0.15) is 38.4 Å². The van der Waals surface area contributed by atoms with Gasteiger partial charge in [0.1, 0.15) is 17.4 Å². The van der Waals surface area contributed by atoms with Crippen molar-refractivity contribution in [2.45, 2.75) is 32.8 Å². The predicted octanol–water partition coefficient (Wildman–Crippen LogP) is 2.88. The van der Waals surface area contributed by atoms with Crippen LogP contribution in [0.4, 0.5) is 4.79 Å². The van der Waals surface area contributed by atoms with Gasteiger partial charge in [-0.25, -0.2) is 9.78 Å². The van der Waals surface area contributed by atoms with Gasteiger partial charge in [-0.15, -0.1) is 0 Å². The highest BCUT2D eigenvalue weighted by Crippen LogP contribution is 2.07. The Balaban J connectivity index is 2.36. The molecule has 0 saturated heterocycles. The highest BCUT2D eigenvalue weighted by molar-refractivity contribution is 5.67. The van der Waals surface area contributed by atoms with Gasteiger partial charge in [-0.1, -0.05) is 18.2 Å². The van der Waals surface area contributed by atoms with E-state index in [0.717, 1.165) is 5.56 Å². The van der Waals surface area contributed by atoms with Crippen molar-refractivity contribution in [2.24, 2.45) is 0 Å². The summed E-state index contributed by atoms with van der Waals surface area (Å²) in [6.07, 6.45) is 5.52. The number of carbonyl (C=O) groups is 1. The summed E-state index contributed by atoms with van der Waals surface area (Å²) in [5.41, 5.74) is 0.674. The largest absolute Gasteiger partial charge is 0.444 e. The molecule has 1 rings (SSSR count). The number of alkyl carbamates (subject to hydrolysis) is 1. The van der Waals surface area contributed by atoms with Crippen molar-refractivity contribution in [1.29, 1.82) is 5.26 Å². The summed E-state index contributed by atoms with van der Waals surface area (Å²) in [5, 5.41) is 11.5. The van der Waals surface area contributed by atoms with E-state index in [1.54, 1.807) is 12.3 Å². The average Bonchev–Trinajstić information content (AvgIpc) is 2.36. The minimum absolute atomic E-state index is 0.392. The lowest BCUT2D eigenvalue weighted by molar-refractivity contribution is 0.0529. The molecule has 0 aliphatic heterocycles. The molecule has 5 nitrogen and oxygen atoms in total. The Kier molecular flexibility index (Phi) is 5.73. The second kappa shape index (κ2) is 7.29. The molecule has 0 radical (unpaired) electrons. The fourth-order valence-corrected chi connectivity index (χ4v) is 1.43. The lowest BCUT2D eigenvalue weighted by Crippen LogP contribution is -2.32. The Hall–Kier alpha value is -2.35. The van der Waals surface area contributed by atoms with E-state index in [1.807, 2.05) is 45.1 Å². The SMILES string of the molecule is CC(C)(C)OC(=O)NCCC=Cc1cccnc1C#N. The molecule has 1 N–H and O–H groups in total. The maximum Gasteiger partial charge on any atom is 0.407 e. The smallest absolute Gasteiger partial charge is 0.407 e. The number of hydrogen-bond acceptors (Lipinski definition) is 4. The van der Waals surface area contributed by atoms with Crippen LogP contribution in [0.15, 0.2) is 24.4 Å². The standard InChI is InChI=1S/C15H19N3O2/c1-15(2,3)20-14(19)18-9-5-4-7-12-8-6-10-17-13(12)11-16/h4,6-8,10H,5,9H2,1-3H3,(H,18,19). The number of aromatic nitrogens is 1. The summed E-state index contributed by atoms with van der Waals surface area (Å²) >= 11 is 0. The van der Waals surface area contributed by atoms with Gasteiger partial charge in [-0.05, 0) is 33.3 Å². The van der Waals surface area contributed by atoms with Gasteiger partial charge in [-0.2, -0.15) is 5.26 Å². The molecule has 0 aliphatic rings. The molecule has 1 aromatic heterocycles. The van der Waals surface area contributed by atoms with Gasteiger partial charge >= 0.3 is 6.09 Å². The van der Waals surface area contributed by atoms with Gasteiger partial charge < -0.3 is 10.1 Å². The van der Waals surface area contributed by atoms with Gasteiger partial charge in [0.05, 0.1) is 0 Å². The first kappa shape index (κ1) is 15.7. The molecule has 1 amide bonds. The molecular weight excluding hydrogens is 254 g/mol. The zero-order valence-corrected chi connectivity index (χ0v) is 12.0. The number of ether oxygens (including phenoxy) is 1. The van der Waals surface area contributed by atoms with Crippen LogP contribution in [0.3, 0.4) is 0 Å². The lowest BCUT2D eigenvalue weighted by atomic mass is 10.2. The van der Waals surface area contributed by atoms with E-state index in [1.165, 1.54) is 0 Å². The van der Waals surface area contributed by atoms with Crippen LogP contribution in [-0.4, -0.2) is 23.2 Å². The van der Waals surface area contributed by atoms with E-state index < -0.39 is 11.7 Å². The molecule has 1 aromatic rings. The Morgan fingerprint density at radius 3 is 2.95 bits per heavy atom. The number of nitriles is 1. The molecule has 0 fully saturated rings. The van der Waals surface area contributed by atoms with Gasteiger partial charge in [0, 0.05) is 18.3 Å². The third-order valence-corrected chi connectivity index (χ3v) is 2.22. The van der Waals surface area contributed by atoms with Crippen LogP contribution in [-0.2, 0) is 4.74 Å². The van der Waals surface area contributed by atoms with Crippen molar-refractivity contribution in [3.8, 4) is 6.07 Å². The quantitative estimate of drug-likeness (QED) is 0.856. The Bertz CT molecular complexity index is 525. The van der Waals surface area contributed by atoms with Crippen molar-refractivity contribution in [2.75, 3.05) is 6.54 Å². The molecule has 0 bridgehead atoms. The summed E-state index contributed by atoms with van der Waals surface area (Å²) in [6, 6.07) is 5.63. The number of pyridine rings is 1. The minimum Gasteiger partial charge on any atom is -0.444 e. The van der Waals surface area contributed by atoms with Crippen LogP contribution < -0.4 is 5.32 Å². The zero-order valence-electron chi connectivity index (χ0n) is 12.0. The van der Waals surface area contributed by atoms with E-state index in [9.17, 15) is 4.79 Å². The number of hydrogen-bond donors (Lipinski definition) is 1. The first-order valence-corrected chi connectivity index (χ1v) is 6.41. The van der Waals surface area contributed by atoms with Crippen LogP contribution in [0.5, 0.6) is 0 Å². The van der Waals surface area contributed by atoms with Crippen LogP contribution in [0.2, 0.25) is 0 Å². The summed E-state index contributed by atoms with van der Waals surface area (Å²) < 4.78 is 5.11. The highest BCUT2D eigenvalue weighted by atomic mass is 16.6. The van der Waals surface area contributed by atoms with Crippen molar-refractivity contribution in [3.05, 3.63) is 35.7 Å². The number of nitrogens with zero attached hydrogens (tertiary/aromatic N) is 2. The Morgan fingerprint density at radius 2 is 2.30 bits per heavy atom.